The second-order valence-corrected chi connectivity index (χ2v) is 3.68. The zero-order valence-electron chi connectivity index (χ0n) is 9.17. The maximum atomic E-state index is 10.7. The third kappa shape index (κ3) is 2.28. The Labute approximate surface area is 97.3 Å². The van der Waals surface area contributed by atoms with Gasteiger partial charge < -0.3 is 14.7 Å². The molecule has 0 amide bonds. The number of hydrogen-bond donors (Lipinski definition) is 2. The summed E-state index contributed by atoms with van der Waals surface area (Å²) in [5.41, 5.74) is 2.08. The average molecular weight is 233 g/mol. The molecule has 2 rings (SSSR count). The van der Waals surface area contributed by atoms with Crippen LogP contribution in [0.2, 0.25) is 0 Å². The molecule has 17 heavy (non-hydrogen) atoms. The molecule has 0 fully saturated rings. The zero-order valence-corrected chi connectivity index (χ0v) is 9.17. The minimum atomic E-state index is -0.971. The smallest absolute Gasteiger partial charge is 0.311 e. The largest absolute Gasteiger partial charge is 0.508 e. The van der Waals surface area contributed by atoms with Gasteiger partial charge >= 0.3 is 5.97 Å². The van der Waals surface area contributed by atoms with Crippen molar-refractivity contribution >= 4 is 5.97 Å². The number of phenolic OH excluding ortho intramolecular Hbond substituents is 1. The van der Waals surface area contributed by atoms with Gasteiger partial charge in [-0.3, -0.25) is 4.79 Å². The Morgan fingerprint density at radius 3 is 2.59 bits per heavy atom. The molecule has 5 nitrogen and oxygen atoms in total. The van der Waals surface area contributed by atoms with Crippen LogP contribution in [0.5, 0.6) is 5.75 Å². The quantitative estimate of drug-likeness (QED) is 0.846. The fourth-order valence-corrected chi connectivity index (χ4v) is 1.67. The maximum absolute atomic E-state index is 10.7. The summed E-state index contributed by atoms with van der Waals surface area (Å²) in [4.78, 5) is 10.7. The number of hydrogen-bond acceptors (Lipinski definition) is 4. The molecular weight excluding hydrogens is 222 g/mol. The van der Waals surface area contributed by atoms with Crippen molar-refractivity contribution in [2.24, 2.45) is 0 Å². The van der Waals surface area contributed by atoms with E-state index in [1.807, 2.05) is 0 Å². The van der Waals surface area contributed by atoms with Crippen LogP contribution in [0.15, 0.2) is 28.8 Å². The predicted molar refractivity (Wildman–Crippen MR) is 59.7 cm³/mol. The molecule has 0 atom stereocenters. The van der Waals surface area contributed by atoms with E-state index in [-0.39, 0.29) is 12.2 Å². The number of carboxylic acids is 1. The Morgan fingerprint density at radius 1 is 1.35 bits per heavy atom. The lowest BCUT2D eigenvalue weighted by molar-refractivity contribution is -0.136. The molecule has 0 aliphatic heterocycles. The second-order valence-electron chi connectivity index (χ2n) is 3.68. The van der Waals surface area contributed by atoms with Crippen LogP contribution in [0.4, 0.5) is 0 Å². The monoisotopic (exact) mass is 233 g/mol. The summed E-state index contributed by atoms with van der Waals surface area (Å²) in [5, 5.41) is 21.7. The maximum Gasteiger partial charge on any atom is 0.311 e. The summed E-state index contributed by atoms with van der Waals surface area (Å²) >= 11 is 0. The predicted octanol–water partition coefficient (Wildman–Crippen LogP) is 1.98. The fraction of sp³-hybridized carbons (Fsp3) is 0.167. The van der Waals surface area contributed by atoms with E-state index in [0.717, 1.165) is 5.56 Å². The van der Waals surface area contributed by atoms with Gasteiger partial charge in [0.05, 0.1) is 5.69 Å². The molecule has 0 aliphatic rings. The number of phenols is 1. The Kier molecular flexibility index (Phi) is 2.82. The molecule has 2 aromatic rings. The van der Waals surface area contributed by atoms with Crippen molar-refractivity contribution < 1.29 is 19.5 Å². The van der Waals surface area contributed by atoms with Crippen molar-refractivity contribution in [3.8, 4) is 16.9 Å². The van der Waals surface area contributed by atoms with Gasteiger partial charge in [0.1, 0.15) is 12.2 Å². The number of nitrogens with zero attached hydrogens (tertiary/aromatic N) is 1. The van der Waals surface area contributed by atoms with Gasteiger partial charge in [-0.1, -0.05) is 17.3 Å². The third-order valence-corrected chi connectivity index (χ3v) is 2.40. The minimum absolute atomic E-state index is 0.155. The van der Waals surface area contributed by atoms with E-state index in [1.165, 1.54) is 12.1 Å². The second kappa shape index (κ2) is 4.29. The molecule has 88 valence electrons. The number of aryl methyl sites for hydroxylation is 1. The molecule has 2 N–H and O–H groups in total. The molecule has 5 heteroatoms. The molecule has 0 bridgehead atoms. The Bertz CT molecular complexity index is 542. The summed E-state index contributed by atoms with van der Waals surface area (Å²) in [6, 6.07) is 6.46. The van der Waals surface area contributed by atoms with E-state index in [2.05, 4.69) is 5.16 Å². The minimum Gasteiger partial charge on any atom is -0.508 e. The van der Waals surface area contributed by atoms with Gasteiger partial charge in [-0.15, -0.1) is 0 Å². The first kappa shape index (κ1) is 11.2. The normalized spacial score (nSPS) is 10.4. The molecular formula is C12H11NO4. The standard InChI is InChI=1S/C12H11NO4/c1-7-12(8-2-4-9(14)5-3-8)10(17-13-7)6-11(15)16/h2-5,14H,6H2,1H3,(H,15,16). The van der Waals surface area contributed by atoms with Crippen molar-refractivity contribution in [3.63, 3.8) is 0 Å². The van der Waals surface area contributed by atoms with E-state index in [0.29, 0.717) is 17.0 Å². The van der Waals surface area contributed by atoms with E-state index < -0.39 is 5.97 Å². The Hall–Kier alpha value is -2.30. The summed E-state index contributed by atoms with van der Waals surface area (Å²) in [6.07, 6.45) is -0.211. The number of carboxylic acid groups (broad SMARTS) is 1. The number of rotatable bonds is 3. The number of aliphatic carboxylic acids is 1. The Balaban J connectivity index is 2.46. The third-order valence-electron chi connectivity index (χ3n) is 2.40. The lowest BCUT2D eigenvalue weighted by Gasteiger charge is -2.01. The van der Waals surface area contributed by atoms with Crippen LogP contribution >= 0.6 is 0 Å². The highest BCUT2D eigenvalue weighted by molar-refractivity contribution is 5.76. The van der Waals surface area contributed by atoms with Crippen LogP contribution in [-0.2, 0) is 11.2 Å². The van der Waals surface area contributed by atoms with E-state index in [9.17, 15) is 9.90 Å². The van der Waals surface area contributed by atoms with Gasteiger partial charge in [0.25, 0.3) is 0 Å². The lowest BCUT2D eigenvalue weighted by atomic mass is 10.0. The summed E-state index contributed by atoms with van der Waals surface area (Å²) < 4.78 is 5.00. The van der Waals surface area contributed by atoms with Gasteiger partial charge in [0, 0.05) is 5.56 Å². The SMILES string of the molecule is Cc1noc(CC(=O)O)c1-c1ccc(O)cc1. The first-order chi connectivity index (χ1) is 8.08. The van der Waals surface area contributed by atoms with Gasteiger partial charge in [0.15, 0.2) is 5.76 Å². The fourth-order valence-electron chi connectivity index (χ4n) is 1.67. The van der Waals surface area contributed by atoms with Gasteiger partial charge in [-0.2, -0.15) is 0 Å². The molecule has 0 aliphatic carbocycles. The van der Waals surface area contributed by atoms with Crippen molar-refractivity contribution in [2.45, 2.75) is 13.3 Å². The van der Waals surface area contributed by atoms with E-state index in [4.69, 9.17) is 9.63 Å². The summed E-state index contributed by atoms with van der Waals surface area (Å²) in [5.74, 6) is -0.496. The zero-order chi connectivity index (χ0) is 12.4. The van der Waals surface area contributed by atoms with E-state index in [1.54, 1.807) is 19.1 Å². The summed E-state index contributed by atoms with van der Waals surface area (Å²) in [6.45, 7) is 1.75. The summed E-state index contributed by atoms with van der Waals surface area (Å²) in [7, 11) is 0. The molecule has 0 unspecified atom stereocenters. The van der Waals surface area contributed by atoms with Crippen molar-refractivity contribution in [1.82, 2.24) is 5.16 Å². The number of benzene rings is 1. The number of aromatic hydroxyl groups is 1. The highest BCUT2D eigenvalue weighted by Gasteiger charge is 2.17. The van der Waals surface area contributed by atoms with Gasteiger partial charge in [0.2, 0.25) is 0 Å². The molecule has 0 spiro atoms. The number of aromatic nitrogens is 1. The first-order valence-corrected chi connectivity index (χ1v) is 5.04. The molecule has 1 aromatic carbocycles. The van der Waals surface area contributed by atoms with Crippen molar-refractivity contribution in [1.29, 1.82) is 0 Å². The van der Waals surface area contributed by atoms with Crippen LogP contribution in [0.3, 0.4) is 0 Å². The molecule has 0 saturated heterocycles. The highest BCUT2D eigenvalue weighted by Crippen LogP contribution is 2.28. The molecule has 0 saturated carbocycles. The van der Waals surface area contributed by atoms with Gasteiger partial charge in [-0.05, 0) is 24.6 Å². The first-order valence-electron chi connectivity index (χ1n) is 5.04. The van der Waals surface area contributed by atoms with Crippen LogP contribution < -0.4 is 0 Å². The Morgan fingerprint density at radius 2 is 2.00 bits per heavy atom. The molecule has 1 heterocycles. The van der Waals surface area contributed by atoms with Crippen LogP contribution in [0.1, 0.15) is 11.5 Å². The van der Waals surface area contributed by atoms with Gasteiger partial charge in [-0.25, -0.2) is 0 Å². The topological polar surface area (TPSA) is 83.6 Å². The van der Waals surface area contributed by atoms with Crippen molar-refractivity contribution in [2.75, 3.05) is 0 Å². The number of carbonyl (C=O) groups is 1. The lowest BCUT2D eigenvalue weighted by Crippen LogP contribution is -2.00. The van der Waals surface area contributed by atoms with Crippen LogP contribution in [0.25, 0.3) is 11.1 Å². The van der Waals surface area contributed by atoms with E-state index >= 15 is 0 Å². The molecule has 0 radical (unpaired) electrons. The van der Waals surface area contributed by atoms with Crippen molar-refractivity contribution in [3.05, 3.63) is 35.7 Å². The molecule has 1 aromatic heterocycles. The van der Waals surface area contributed by atoms with Crippen LogP contribution in [0, 0.1) is 6.92 Å². The highest BCUT2D eigenvalue weighted by atomic mass is 16.5. The average Bonchev–Trinajstić information content (AvgIpc) is 2.61. The van der Waals surface area contributed by atoms with Crippen LogP contribution in [-0.4, -0.2) is 21.3 Å².